The van der Waals surface area contributed by atoms with Crippen molar-refractivity contribution >= 4 is 23.3 Å². The maximum Gasteiger partial charge on any atom is 0.315 e. The van der Waals surface area contributed by atoms with Gasteiger partial charge >= 0.3 is 12.0 Å². The fraction of sp³-hybridized carbons (Fsp3) is 0.571. The molecule has 0 aliphatic carbocycles. The predicted octanol–water partition coefficient (Wildman–Crippen LogP) is 2.75. The number of thiophene rings is 1. The van der Waals surface area contributed by atoms with E-state index in [4.69, 9.17) is 0 Å². The monoisotopic (exact) mass is 298 g/mol. The van der Waals surface area contributed by atoms with Crippen molar-refractivity contribution in [1.82, 2.24) is 10.6 Å². The highest BCUT2D eigenvalue weighted by atomic mass is 32.1. The third-order valence-corrected chi connectivity index (χ3v) is 4.74. The quantitative estimate of drug-likeness (QED) is 0.782. The number of carbonyl (C=O) groups excluding carboxylic acids is 1. The van der Waals surface area contributed by atoms with E-state index in [1.165, 1.54) is 4.88 Å². The Morgan fingerprint density at radius 1 is 1.25 bits per heavy atom. The van der Waals surface area contributed by atoms with Gasteiger partial charge in [-0.15, -0.1) is 11.3 Å². The van der Waals surface area contributed by atoms with E-state index in [-0.39, 0.29) is 6.03 Å². The predicted molar refractivity (Wildman–Crippen MR) is 79.9 cm³/mol. The molecule has 0 spiro atoms. The molecule has 3 N–H and O–H groups in total. The van der Waals surface area contributed by atoms with Crippen molar-refractivity contribution < 1.29 is 14.7 Å². The van der Waals surface area contributed by atoms with E-state index in [9.17, 15) is 14.7 Å². The summed E-state index contributed by atoms with van der Waals surface area (Å²) in [5, 5.41) is 14.7. The minimum Gasteiger partial charge on any atom is -0.481 e. The Morgan fingerprint density at radius 3 is 2.30 bits per heavy atom. The number of carboxylic acid groups (broad SMARTS) is 1. The number of hydrogen-bond donors (Lipinski definition) is 3. The van der Waals surface area contributed by atoms with Gasteiger partial charge in [-0.3, -0.25) is 4.79 Å². The Balaban J connectivity index is 2.59. The van der Waals surface area contributed by atoms with Gasteiger partial charge in [0.1, 0.15) is 0 Å². The second-order valence-corrected chi connectivity index (χ2v) is 7.25. The number of carboxylic acids is 1. The molecule has 5 nitrogen and oxygen atoms in total. The van der Waals surface area contributed by atoms with Crippen molar-refractivity contribution in [2.75, 3.05) is 0 Å². The Labute approximate surface area is 123 Å². The molecule has 0 aromatic carbocycles. The molecule has 1 heterocycles. The average Bonchev–Trinajstić information content (AvgIpc) is 2.71. The molecule has 20 heavy (non-hydrogen) atoms. The van der Waals surface area contributed by atoms with Gasteiger partial charge in [-0.25, -0.2) is 4.79 Å². The molecule has 0 radical (unpaired) electrons. The zero-order valence-electron chi connectivity index (χ0n) is 12.5. The SMILES string of the molecule is Cc1ccc(CNC(=O)NC(C)(C)C(C)(C)C(=O)O)s1. The number of hydrogen-bond acceptors (Lipinski definition) is 3. The normalized spacial score (nSPS) is 12.1. The summed E-state index contributed by atoms with van der Waals surface area (Å²) in [6.45, 7) is 9.04. The van der Waals surface area contributed by atoms with Gasteiger partial charge in [0.15, 0.2) is 0 Å². The smallest absolute Gasteiger partial charge is 0.315 e. The fourth-order valence-electron chi connectivity index (χ4n) is 1.50. The molecule has 1 rings (SSSR count). The summed E-state index contributed by atoms with van der Waals surface area (Å²) in [6, 6.07) is 3.60. The van der Waals surface area contributed by atoms with Crippen LogP contribution in [-0.4, -0.2) is 22.6 Å². The zero-order valence-corrected chi connectivity index (χ0v) is 13.4. The summed E-state index contributed by atoms with van der Waals surface area (Å²) in [5.74, 6) is -0.948. The first-order valence-corrected chi connectivity index (χ1v) is 7.22. The summed E-state index contributed by atoms with van der Waals surface area (Å²) in [7, 11) is 0. The van der Waals surface area contributed by atoms with Crippen LogP contribution >= 0.6 is 11.3 Å². The highest BCUT2D eigenvalue weighted by Gasteiger charge is 2.44. The summed E-state index contributed by atoms with van der Waals surface area (Å²) in [4.78, 5) is 25.4. The molecule has 0 bridgehead atoms. The number of aliphatic carboxylic acids is 1. The van der Waals surface area contributed by atoms with Gasteiger partial charge in [-0.1, -0.05) is 0 Å². The minimum absolute atomic E-state index is 0.365. The summed E-state index contributed by atoms with van der Waals surface area (Å²) in [5.41, 5.74) is -1.93. The third kappa shape index (κ3) is 3.72. The van der Waals surface area contributed by atoms with Crippen LogP contribution in [0.2, 0.25) is 0 Å². The molecule has 1 aromatic heterocycles. The van der Waals surface area contributed by atoms with Crippen LogP contribution in [0.5, 0.6) is 0 Å². The largest absolute Gasteiger partial charge is 0.481 e. The van der Waals surface area contributed by atoms with Crippen LogP contribution in [0.25, 0.3) is 0 Å². The Kier molecular flexibility index (Phi) is 4.81. The highest BCUT2D eigenvalue weighted by molar-refractivity contribution is 7.11. The van der Waals surface area contributed by atoms with E-state index in [0.717, 1.165) is 4.88 Å². The molecular weight excluding hydrogens is 276 g/mol. The second kappa shape index (κ2) is 5.83. The van der Waals surface area contributed by atoms with Crippen molar-refractivity contribution in [2.45, 2.75) is 46.7 Å². The molecule has 112 valence electrons. The number of nitrogens with one attached hydrogen (secondary N) is 2. The Hall–Kier alpha value is -1.56. The van der Waals surface area contributed by atoms with Crippen LogP contribution in [0, 0.1) is 12.3 Å². The highest BCUT2D eigenvalue weighted by Crippen LogP contribution is 2.30. The van der Waals surface area contributed by atoms with Crippen LogP contribution in [0.3, 0.4) is 0 Å². The minimum atomic E-state index is -1.07. The number of carbonyl (C=O) groups is 2. The van der Waals surface area contributed by atoms with Crippen molar-refractivity contribution in [3.8, 4) is 0 Å². The van der Waals surface area contributed by atoms with Crippen LogP contribution < -0.4 is 10.6 Å². The number of urea groups is 1. The standard InChI is InChI=1S/C14H22N2O3S/c1-9-6-7-10(20-9)8-15-12(19)16-14(4,5)13(2,3)11(17)18/h6-7H,8H2,1-5H3,(H,17,18)(H2,15,16,19). The molecule has 0 aliphatic rings. The first-order valence-electron chi connectivity index (χ1n) is 6.41. The first kappa shape index (κ1) is 16.5. The van der Waals surface area contributed by atoms with Crippen molar-refractivity contribution in [1.29, 1.82) is 0 Å². The summed E-state index contributed by atoms with van der Waals surface area (Å²) < 4.78 is 0. The zero-order chi connectivity index (χ0) is 15.6. The van der Waals surface area contributed by atoms with Crippen LogP contribution in [-0.2, 0) is 11.3 Å². The van der Waals surface area contributed by atoms with Crippen LogP contribution in [0.1, 0.15) is 37.4 Å². The van der Waals surface area contributed by atoms with Crippen LogP contribution in [0.15, 0.2) is 12.1 Å². The lowest BCUT2D eigenvalue weighted by atomic mass is 9.74. The van der Waals surface area contributed by atoms with E-state index >= 15 is 0 Å². The van der Waals surface area contributed by atoms with Gasteiger partial charge in [0.05, 0.1) is 17.5 Å². The molecule has 0 fully saturated rings. The van der Waals surface area contributed by atoms with Gasteiger partial charge in [0, 0.05) is 9.75 Å². The molecule has 0 atom stereocenters. The lowest BCUT2D eigenvalue weighted by Gasteiger charge is -2.38. The number of aryl methyl sites for hydroxylation is 1. The summed E-state index contributed by atoms with van der Waals surface area (Å²) >= 11 is 1.62. The maximum atomic E-state index is 11.9. The Bertz CT molecular complexity index is 506. The van der Waals surface area contributed by atoms with E-state index in [0.29, 0.717) is 6.54 Å². The Morgan fingerprint density at radius 2 is 1.85 bits per heavy atom. The number of amides is 2. The van der Waals surface area contributed by atoms with E-state index in [1.807, 2.05) is 19.1 Å². The van der Waals surface area contributed by atoms with Crippen molar-refractivity contribution in [3.63, 3.8) is 0 Å². The lowest BCUT2D eigenvalue weighted by molar-refractivity contribution is -0.150. The molecule has 1 aromatic rings. The van der Waals surface area contributed by atoms with Crippen LogP contribution in [0.4, 0.5) is 4.79 Å². The van der Waals surface area contributed by atoms with E-state index in [1.54, 1.807) is 39.0 Å². The molecule has 0 saturated heterocycles. The van der Waals surface area contributed by atoms with Gasteiger partial charge in [0.25, 0.3) is 0 Å². The van der Waals surface area contributed by atoms with E-state index < -0.39 is 16.9 Å². The summed E-state index contributed by atoms with van der Waals surface area (Å²) in [6.07, 6.45) is 0. The van der Waals surface area contributed by atoms with Crippen molar-refractivity contribution in [2.24, 2.45) is 5.41 Å². The van der Waals surface area contributed by atoms with E-state index in [2.05, 4.69) is 10.6 Å². The lowest BCUT2D eigenvalue weighted by Crippen LogP contribution is -2.58. The fourth-order valence-corrected chi connectivity index (χ4v) is 2.33. The topological polar surface area (TPSA) is 78.4 Å². The first-order chi connectivity index (χ1) is 9.06. The molecule has 0 aliphatic heterocycles. The second-order valence-electron chi connectivity index (χ2n) is 5.88. The van der Waals surface area contributed by atoms with Gasteiger partial charge in [-0.05, 0) is 46.8 Å². The maximum absolute atomic E-state index is 11.9. The average molecular weight is 298 g/mol. The molecule has 0 unspecified atom stereocenters. The van der Waals surface area contributed by atoms with Gasteiger partial charge < -0.3 is 15.7 Å². The van der Waals surface area contributed by atoms with Crippen molar-refractivity contribution in [3.05, 3.63) is 21.9 Å². The number of rotatable bonds is 5. The molecule has 6 heteroatoms. The molecular formula is C14H22N2O3S. The molecule has 2 amide bonds. The van der Waals surface area contributed by atoms with Gasteiger partial charge in [0.2, 0.25) is 0 Å². The third-order valence-electron chi connectivity index (χ3n) is 3.74. The van der Waals surface area contributed by atoms with Gasteiger partial charge in [-0.2, -0.15) is 0 Å². The molecule has 0 saturated carbocycles.